The summed E-state index contributed by atoms with van der Waals surface area (Å²) in [5.74, 6) is -0.978. The summed E-state index contributed by atoms with van der Waals surface area (Å²) in [5.41, 5.74) is 3.47. The molecule has 0 saturated carbocycles. The minimum atomic E-state index is -0.978. The van der Waals surface area contributed by atoms with Crippen molar-refractivity contribution in [2.45, 2.75) is 0 Å². The Morgan fingerprint density at radius 1 is 1.26 bits per heavy atom. The number of benzene rings is 1. The van der Waals surface area contributed by atoms with E-state index in [1.54, 1.807) is 41.8 Å². The van der Waals surface area contributed by atoms with E-state index in [9.17, 15) is 4.79 Å². The first-order valence-electron chi connectivity index (χ1n) is 7.28. The Morgan fingerprint density at radius 3 is 2.83 bits per heavy atom. The number of ether oxygens (including phenoxy) is 1. The quantitative estimate of drug-likeness (QED) is 0.651. The highest BCUT2D eigenvalue weighted by molar-refractivity contribution is 7.17. The van der Waals surface area contributed by atoms with Crippen LogP contribution in [0.15, 0.2) is 41.5 Å². The molecule has 3 rings (SSSR count). The average molecular weight is 331 g/mol. The molecule has 1 saturated heterocycles. The molecule has 2 aromatic rings. The summed E-state index contributed by atoms with van der Waals surface area (Å²) in [6.07, 6.45) is 1.70. The summed E-state index contributed by atoms with van der Waals surface area (Å²) in [7, 11) is 0. The van der Waals surface area contributed by atoms with E-state index in [4.69, 9.17) is 9.84 Å². The first-order chi connectivity index (χ1) is 11.2. The first kappa shape index (κ1) is 15.5. The van der Waals surface area contributed by atoms with E-state index in [0.29, 0.717) is 5.69 Å². The summed E-state index contributed by atoms with van der Waals surface area (Å²) in [4.78, 5) is 14.4. The van der Waals surface area contributed by atoms with Gasteiger partial charge in [-0.1, -0.05) is 12.1 Å². The number of thiophene rings is 1. The number of nitrogens with zero attached hydrogens (tertiary/aromatic N) is 2. The molecule has 6 nitrogen and oxygen atoms in total. The number of para-hydroxylation sites is 1. The van der Waals surface area contributed by atoms with Crippen molar-refractivity contribution in [1.82, 2.24) is 0 Å². The Balaban J connectivity index is 1.65. The molecule has 0 atom stereocenters. The molecule has 0 bridgehead atoms. The lowest BCUT2D eigenvalue weighted by atomic mass is 10.2. The van der Waals surface area contributed by atoms with Crippen LogP contribution in [0.1, 0.15) is 15.2 Å². The molecule has 23 heavy (non-hydrogen) atoms. The van der Waals surface area contributed by atoms with Gasteiger partial charge in [0.15, 0.2) is 0 Å². The van der Waals surface area contributed by atoms with Crippen LogP contribution < -0.4 is 10.3 Å². The Hall–Kier alpha value is -2.38. The number of carbonyl (C=O) groups is 1. The van der Waals surface area contributed by atoms with Crippen molar-refractivity contribution in [2.75, 3.05) is 36.6 Å². The fourth-order valence-corrected chi connectivity index (χ4v) is 3.23. The fraction of sp³-hybridized carbons (Fsp3) is 0.250. The summed E-state index contributed by atoms with van der Waals surface area (Å²) >= 11 is 1.65. The van der Waals surface area contributed by atoms with Crippen LogP contribution in [0.2, 0.25) is 0 Å². The highest BCUT2D eigenvalue weighted by Crippen LogP contribution is 2.25. The van der Waals surface area contributed by atoms with E-state index in [1.165, 1.54) is 5.00 Å². The third kappa shape index (κ3) is 3.88. The number of carboxylic acid groups (broad SMARTS) is 1. The Morgan fingerprint density at radius 2 is 2.04 bits per heavy atom. The van der Waals surface area contributed by atoms with Gasteiger partial charge in [-0.2, -0.15) is 5.10 Å². The molecule has 1 aliphatic heterocycles. The van der Waals surface area contributed by atoms with E-state index in [0.717, 1.165) is 31.2 Å². The molecule has 1 aromatic carbocycles. The minimum absolute atomic E-state index is 0.199. The number of morpholine rings is 1. The van der Waals surface area contributed by atoms with Gasteiger partial charge in [0.1, 0.15) is 0 Å². The van der Waals surface area contributed by atoms with Crippen LogP contribution in [0, 0.1) is 0 Å². The monoisotopic (exact) mass is 331 g/mol. The number of aromatic carboxylic acids is 1. The van der Waals surface area contributed by atoms with E-state index >= 15 is 0 Å². The normalized spacial score (nSPS) is 15.0. The predicted octanol–water partition coefficient (Wildman–Crippen LogP) is 2.73. The molecule has 1 aromatic heterocycles. The van der Waals surface area contributed by atoms with Crippen molar-refractivity contribution >= 4 is 34.2 Å². The highest BCUT2D eigenvalue weighted by atomic mass is 32.1. The molecule has 120 valence electrons. The molecular formula is C16H17N3O3S. The lowest BCUT2D eigenvalue weighted by Crippen LogP contribution is -2.35. The topological polar surface area (TPSA) is 74.2 Å². The van der Waals surface area contributed by atoms with Gasteiger partial charge in [-0.05, 0) is 24.3 Å². The third-order valence-corrected chi connectivity index (χ3v) is 4.55. The van der Waals surface area contributed by atoms with Crippen molar-refractivity contribution in [3.8, 4) is 0 Å². The number of hydrogen-bond donors (Lipinski definition) is 2. The van der Waals surface area contributed by atoms with Crippen LogP contribution in [0.3, 0.4) is 0 Å². The third-order valence-electron chi connectivity index (χ3n) is 3.47. The van der Waals surface area contributed by atoms with Gasteiger partial charge in [-0.15, -0.1) is 11.3 Å². The van der Waals surface area contributed by atoms with Gasteiger partial charge >= 0.3 is 5.97 Å². The highest BCUT2D eigenvalue weighted by Gasteiger charge is 2.12. The molecule has 2 heterocycles. The van der Waals surface area contributed by atoms with Crippen molar-refractivity contribution in [2.24, 2.45) is 5.10 Å². The van der Waals surface area contributed by atoms with Gasteiger partial charge in [0.05, 0.1) is 35.7 Å². The maximum Gasteiger partial charge on any atom is 0.337 e. The number of hydrazone groups is 1. The Labute approximate surface area is 138 Å². The van der Waals surface area contributed by atoms with Gasteiger partial charge in [0.2, 0.25) is 0 Å². The molecule has 0 unspecified atom stereocenters. The van der Waals surface area contributed by atoms with E-state index in [2.05, 4.69) is 21.5 Å². The lowest BCUT2D eigenvalue weighted by molar-refractivity contribution is 0.0698. The Kier molecular flexibility index (Phi) is 4.89. The number of rotatable bonds is 5. The average Bonchev–Trinajstić information content (AvgIpc) is 3.05. The standard InChI is InChI=1S/C16H17N3O3S/c20-16(21)13-3-1-2-4-14(13)18-17-11-12-5-6-15(23-12)19-7-9-22-10-8-19/h1-6,11,18H,7-10H2,(H,20,21)/b17-11+. The zero-order chi connectivity index (χ0) is 16.1. The molecule has 1 aliphatic rings. The van der Waals surface area contributed by atoms with Crippen molar-refractivity contribution < 1.29 is 14.6 Å². The zero-order valence-corrected chi connectivity index (χ0v) is 13.3. The fourth-order valence-electron chi connectivity index (χ4n) is 2.30. The van der Waals surface area contributed by atoms with Gasteiger partial charge in [-0.25, -0.2) is 4.79 Å². The van der Waals surface area contributed by atoms with Crippen LogP contribution in [0.5, 0.6) is 0 Å². The second-order valence-electron chi connectivity index (χ2n) is 5.00. The van der Waals surface area contributed by atoms with Crippen LogP contribution in [-0.4, -0.2) is 43.6 Å². The maximum absolute atomic E-state index is 11.1. The largest absolute Gasteiger partial charge is 0.478 e. The maximum atomic E-state index is 11.1. The van der Waals surface area contributed by atoms with Gasteiger partial charge in [0, 0.05) is 18.0 Å². The molecule has 2 N–H and O–H groups in total. The van der Waals surface area contributed by atoms with Gasteiger partial charge < -0.3 is 14.7 Å². The lowest BCUT2D eigenvalue weighted by Gasteiger charge is -2.27. The molecule has 1 fully saturated rings. The van der Waals surface area contributed by atoms with Crippen molar-refractivity contribution in [3.05, 3.63) is 46.8 Å². The van der Waals surface area contributed by atoms with E-state index < -0.39 is 5.97 Å². The number of nitrogens with one attached hydrogen (secondary N) is 1. The summed E-state index contributed by atoms with van der Waals surface area (Å²) in [6, 6.07) is 10.8. The van der Waals surface area contributed by atoms with E-state index in [1.807, 2.05) is 6.07 Å². The second-order valence-corrected chi connectivity index (χ2v) is 6.09. The van der Waals surface area contributed by atoms with Gasteiger partial charge in [0.25, 0.3) is 0 Å². The Bertz CT molecular complexity index is 708. The second kappa shape index (κ2) is 7.26. The summed E-state index contributed by atoms with van der Waals surface area (Å²) < 4.78 is 5.35. The smallest absolute Gasteiger partial charge is 0.337 e. The first-order valence-corrected chi connectivity index (χ1v) is 8.09. The van der Waals surface area contributed by atoms with E-state index in [-0.39, 0.29) is 5.56 Å². The number of carboxylic acids is 1. The molecule has 0 amide bonds. The SMILES string of the molecule is O=C(O)c1ccccc1N/N=C/c1ccc(N2CCOCC2)s1. The zero-order valence-electron chi connectivity index (χ0n) is 12.4. The summed E-state index contributed by atoms with van der Waals surface area (Å²) in [5, 5.41) is 14.5. The van der Waals surface area contributed by atoms with Crippen LogP contribution in [0.4, 0.5) is 10.7 Å². The predicted molar refractivity (Wildman–Crippen MR) is 92.0 cm³/mol. The number of anilines is 2. The van der Waals surface area contributed by atoms with Gasteiger partial charge in [-0.3, -0.25) is 5.43 Å². The van der Waals surface area contributed by atoms with Crippen LogP contribution >= 0.6 is 11.3 Å². The summed E-state index contributed by atoms with van der Waals surface area (Å²) in [6.45, 7) is 3.33. The molecular weight excluding hydrogens is 314 g/mol. The minimum Gasteiger partial charge on any atom is -0.478 e. The van der Waals surface area contributed by atoms with Crippen LogP contribution in [-0.2, 0) is 4.74 Å². The van der Waals surface area contributed by atoms with Crippen molar-refractivity contribution in [1.29, 1.82) is 0 Å². The molecule has 0 radical (unpaired) electrons. The molecule has 7 heteroatoms. The van der Waals surface area contributed by atoms with Crippen LogP contribution in [0.25, 0.3) is 0 Å². The molecule has 0 aliphatic carbocycles. The molecule has 0 spiro atoms. The number of hydrogen-bond acceptors (Lipinski definition) is 6. The van der Waals surface area contributed by atoms with Crippen molar-refractivity contribution in [3.63, 3.8) is 0 Å².